The Morgan fingerprint density at radius 3 is 2.86 bits per heavy atom. The number of nitrogens with one attached hydrogen (secondary N) is 2. The third kappa shape index (κ3) is 5.00. The van der Waals surface area contributed by atoms with Crippen molar-refractivity contribution >= 4 is 28.7 Å². The summed E-state index contributed by atoms with van der Waals surface area (Å²) in [5.41, 5.74) is 2.43. The number of para-hydroxylation sites is 1. The van der Waals surface area contributed by atoms with Crippen molar-refractivity contribution in [1.82, 2.24) is 14.9 Å². The highest BCUT2D eigenvalue weighted by atomic mass is 16.1. The molecule has 0 atom stereocenters. The number of hydrogen-bond acceptors (Lipinski definition) is 5. The maximum Gasteiger partial charge on any atom is 0.244 e. The third-order valence-electron chi connectivity index (χ3n) is 4.34. The number of fused-ring (bicyclic) bond motifs is 1. The number of hydrogen-bond donors (Lipinski definition) is 2. The third-order valence-corrected chi connectivity index (χ3v) is 4.34. The van der Waals surface area contributed by atoms with Crippen molar-refractivity contribution in [3.63, 3.8) is 0 Å². The molecule has 0 spiro atoms. The summed E-state index contributed by atoms with van der Waals surface area (Å²) >= 11 is 0. The summed E-state index contributed by atoms with van der Waals surface area (Å²) in [6.45, 7) is 1.47. The number of anilines is 1. The molecule has 144 valence electrons. The molecule has 7 heteroatoms. The number of pyridine rings is 1. The number of rotatable bonds is 8. The molecule has 29 heavy (non-hydrogen) atoms. The number of carbonyl (C=O) groups is 1. The molecule has 1 aromatic carbocycles. The lowest BCUT2D eigenvalue weighted by atomic mass is 10.1. The highest BCUT2D eigenvalue weighted by Gasteiger charge is 2.06. The van der Waals surface area contributed by atoms with Gasteiger partial charge in [0.2, 0.25) is 5.91 Å². The van der Waals surface area contributed by atoms with E-state index in [0.717, 1.165) is 16.5 Å². The predicted octanol–water partition coefficient (Wildman–Crippen LogP) is 3.06. The number of benzene rings is 1. The van der Waals surface area contributed by atoms with Crippen LogP contribution in [0.2, 0.25) is 0 Å². The van der Waals surface area contributed by atoms with Crippen LogP contribution < -0.4 is 10.6 Å². The van der Waals surface area contributed by atoms with E-state index in [1.165, 1.54) is 6.08 Å². The number of nitriles is 2. The molecule has 3 rings (SSSR count). The Morgan fingerprint density at radius 1 is 1.17 bits per heavy atom. The van der Waals surface area contributed by atoms with Gasteiger partial charge in [-0.15, -0.1) is 0 Å². The standard InChI is InChI=1S/C22H20N6O/c23-10-4-14-28-16-18(19-6-1-2-7-20(19)28)8-9-21(29)25-12-13-27-22-17(15-24)5-3-11-26-22/h1-3,5-9,11,16H,4,12-14H2,(H,25,29)(H,26,27)/b9-8+. The highest BCUT2D eigenvalue weighted by Crippen LogP contribution is 2.22. The number of aryl methyl sites for hydroxylation is 1. The maximum atomic E-state index is 12.1. The van der Waals surface area contributed by atoms with Crippen molar-refractivity contribution in [3.8, 4) is 12.1 Å². The van der Waals surface area contributed by atoms with Gasteiger partial charge in [-0.25, -0.2) is 4.98 Å². The van der Waals surface area contributed by atoms with Crippen LogP contribution in [0.1, 0.15) is 17.5 Å². The summed E-state index contributed by atoms with van der Waals surface area (Å²) in [5, 5.41) is 24.7. The fourth-order valence-electron chi connectivity index (χ4n) is 2.99. The second kappa shape index (κ2) is 9.72. The number of carbonyl (C=O) groups excluding carboxylic acids is 1. The van der Waals surface area contributed by atoms with Crippen molar-refractivity contribution in [3.05, 3.63) is 66.0 Å². The Morgan fingerprint density at radius 2 is 2.03 bits per heavy atom. The molecule has 0 aliphatic rings. The molecule has 0 saturated heterocycles. The second-order valence-electron chi connectivity index (χ2n) is 6.27. The molecule has 1 amide bonds. The van der Waals surface area contributed by atoms with E-state index in [1.54, 1.807) is 24.4 Å². The largest absolute Gasteiger partial charge is 0.367 e. The lowest BCUT2D eigenvalue weighted by molar-refractivity contribution is -0.116. The van der Waals surface area contributed by atoms with E-state index in [1.807, 2.05) is 35.0 Å². The zero-order valence-electron chi connectivity index (χ0n) is 15.8. The van der Waals surface area contributed by atoms with Crippen LogP contribution in [0.4, 0.5) is 5.82 Å². The van der Waals surface area contributed by atoms with Crippen LogP contribution in [-0.2, 0) is 11.3 Å². The molecule has 7 nitrogen and oxygen atoms in total. The van der Waals surface area contributed by atoms with E-state index in [2.05, 4.69) is 27.8 Å². The first-order chi connectivity index (χ1) is 14.2. The van der Waals surface area contributed by atoms with E-state index in [-0.39, 0.29) is 5.91 Å². The van der Waals surface area contributed by atoms with Gasteiger partial charge in [-0.1, -0.05) is 18.2 Å². The molecular weight excluding hydrogens is 364 g/mol. The molecule has 0 bridgehead atoms. The first kappa shape index (κ1) is 19.7. The van der Waals surface area contributed by atoms with Crippen LogP contribution >= 0.6 is 0 Å². The monoisotopic (exact) mass is 384 g/mol. The number of amides is 1. The molecule has 2 aromatic heterocycles. The van der Waals surface area contributed by atoms with Gasteiger partial charge >= 0.3 is 0 Å². The van der Waals surface area contributed by atoms with Gasteiger partial charge in [-0.2, -0.15) is 10.5 Å². The van der Waals surface area contributed by atoms with Crippen molar-refractivity contribution < 1.29 is 4.79 Å². The fourth-order valence-corrected chi connectivity index (χ4v) is 2.99. The van der Waals surface area contributed by atoms with Gasteiger partial charge in [0.1, 0.15) is 11.9 Å². The van der Waals surface area contributed by atoms with E-state index >= 15 is 0 Å². The van der Waals surface area contributed by atoms with Crippen LogP contribution in [0.5, 0.6) is 0 Å². The zero-order chi connectivity index (χ0) is 20.5. The zero-order valence-corrected chi connectivity index (χ0v) is 15.8. The molecule has 0 aliphatic carbocycles. The summed E-state index contributed by atoms with van der Waals surface area (Å²) < 4.78 is 2.03. The molecule has 3 aromatic rings. The molecule has 2 heterocycles. The minimum Gasteiger partial charge on any atom is -0.367 e. The van der Waals surface area contributed by atoms with E-state index in [4.69, 9.17) is 10.5 Å². The van der Waals surface area contributed by atoms with Crippen molar-refractivity contribution in [2.75, 3.05) is 18.4 Å². The van der Waals surface area contributed by atoms with Crippen molar-refractivity contribution in [2.45, 2.75) is 13.0 Å². The van der Waals surface area contributed by atoms with Crippen LogP contribution in [-0.4, -0.2) is 28.5 Å². The molecular formula is C22H20N6O. The number of nitrogens with zero attached hydrogens (tertiary/aromatic N) is 4. The summed E-state index contributed by atoms with van der Waals surface area (Å²) in [6.07, 6.45) is 7.27. The quantitative estimate of drug-likeness (QED) is 0.458. The average Bonchev–Trinajstić information content (AvgIpc) is 3.12. The minimum atomic E-state index is -0.206. The van der Waals surface area contributed by atoms with Crippen LogP contribution in [0.25, 0.3) is 17.0 Å². The van der Waals surface area contributed by atoms with E-state index < -0.39 is 0 Å². The Labute approximate surface area is 168 Å². The Hall–Kier alpha value is -4.10. The van der Waals surface area contributed by atoms with Gasteiger partial charge in [0.05, 0.1) is 18.1 Å². The van der Waals surface area contributed by atoms with Crippen molar-refractivity contribution in [1.29, 1.82) is 10.5 Å². The van der Waals surface area contributed by atoms with Crippen LogP contribution in [0.15, 0.2) is 54.9 Å². The molecule has 0 radical (unpaired) electrons. The van der Waals surface area contributed by atoms with Gasteiger partial charge in [-0.05, 0) is 24.3 Å². The van der Waals surface area contributed by atoms with Gasteiger partial charge < -0.3 is 15.2 Å². The van der Waals surface area contributed by atoms with Gasteiger partial charge in [0.25, 0.3) is 0 Å². The maximum absolute atomic E-state index is 12.1. The lowest BCUT2D eigenvalue weighted by Crippen LogP contribution is -2.27. The lowest BCUT2D eigenvalue weighted by Gasteiger charge is -2.07. The van der Waals surface area contributed by atoms with Crippen LogP contribution in [0.3, 0.4) is 0 Å². The van der Waals surface area contributed by atoms with Crippen LogP contribution in [0, 0.1) is 22.7 Å². The molecule has 0 aliphatic heterocycles. The highest BCUT2D eigenvalue weighted by molar-refractivity contribution is 5.96. The Kier molecular flexibility index (Phi) is 6.59. The summed E-state index contributed by atoms with van der Waals surface area (Å²) in [5.74, 6) is 0.298. The minimum absolute atomic E-state index is 0.206. The normalized spacial score (nSPS) is 10.6. The first-order valence-corrected chi connectivity index (χ1v) is 9.22. The van der Waals surface area contributed by atoms with Crippen molar-refractivity contribution in [2.24, 2.45) is 0 Å². The summed E-state index contributed by atoms with van der Waals surface area (Å²) in [6, 6.07) is 15.5. The predicted molar refractivity (Wildman–Crippen MR) is 112 cm³/mol. The topological polar surface area (TPSA) is 107 Å². The smallest absolute Gasteiger partial charge is 0.244 e. The van der Waals surface area contributed by atoms with Gasteiger partial charge in [0, 0.05) is 54.6 Å². The second-order valence-corrected chi connectivity index (χ2v) is 6.27. The van der Waals surface area contributed by atoms with Gasteiger partial charge in [0.15, 0.2) is 0 Å². The van der Waals surface area contributed by atoms with E-state index in [0.29, 0.717) is 37.4 Å². The van der Waals surface area contributed by atoms with E-state index in [9.17, 15) is 4.79 Å². The summed E-state index contributed by atoms with van der Waals surface area (Å²) in [7, 11) is 0. The fraction of sp³-hybridized carbons (Fsp3) is 0.182. The Balaban J connectivity index is 1.57. The molecule has 0 fully saturated rings. The molecule has 0 unspecified atom stereocenters. The SMILES string of the molecule is N#CCCn1cc(/C=C/C(=O)NCCNc2ncccc2C#N)c2ccccc21. The summed E-state index contributed by atoms with van der Waals surface area (Å²) in [4.78, 5) is 16.2. The Bertz CT molecular complexity index is 1120. The van der Waals surface area contributed by atoms with Gasteiger partial charge in [-0.3, -0.25) is 4.79 Å². The first-order valence-electron chi connectivity index (χ1n) is 9.22. The molecule has 0 saturated carbocycles. The number of aromatic nitrogens is 2. The molecule has 2 N–H and O–H groups in total. The average molecular weight is 384 g/mol.